The number of hydrogen-bond donors (Lipinski definition) is 1. The summed E-state index contributed by atoms with van der Waals surface area (Å²) in [6, 6.07) is 8.84. The van der Waals surface area contributed by atoms with Crippen LogP contribution in [0.25, 0.3) is 11.0 Å². The van der Waals surface area contributed by atoms with Crippen molar-refractivity contribution in [1.82, 2.24) is 9.55 Å². The number of imidazole rings is 1. The lowest BCUT2D eigenvalue weighted by molar-refractivity contribution is 0.0378. The van der Waals surface area contributed by atoms with E-state index in [1.165, 1.54) is 17.7 Å². The second-order valence-corrected chi connectivity index (χ2v) is 10.1. The first kappa shape index (κ1) is 24.4. The van der Waals surface area contributed by atoms with Crippen molar-refractivity contribution in [2.24, 2.45) is 0 Å². The summed E-state index contributed by atoms with van der Waals surface area (Å²) in [4.78, 5) is 28.1. The van der Waals surface area contributed by atoms with Gasteiger partial charge < -0.3 is 19.2 Å². The third-order valence-electron chi connectivity index (χ3n) is 4.94. The minimum Gasteiger partial charge on any atom is -0.493 e. The Morgan fingerprint density at radius 3 is 2.45 bits per heavy atom. The first-order valence-electron chi connectivity index (χ1n) is 10.5. The number of nitrogens with one attached hydrogen (secondary N) is 1. The molecule has 0 radical (unpaired) electrons. The van der Waals surface area contributed by atoms with Crippen molar-refractivity contribution in [2.45, 2.75) is 32.9 Å². The Morgan fingerprint density at radius 2 is 1.85 bits per heavy atom. The fourth-order valence-electron chi connectivity index (χ4n) is 3.62. The van der Waals surface area contributed by atoms with E-state index < -0.39 is 27.5 Å². The molecule has 0 saturated heterocycles. The molecule has 0 unspecified atom stereocenters. The van der Waals surface area contributed by atoms with Crippen molar-refractivity contribution >= 4 is 26.8 Å². The lowest BCUT2D eigenvalue weighted by Crippen LogP contribution is -2.28. The maximum atomic E-state index is 13.0. The molecule has 0 bridgehead atoms. The fourth-order valence-corrected chi connectivity index (χ4v) is 4.53. The molecule has 2 aromatic carbocycles. The van der Waals surface area contributed by atoms with Crippen molar-refractivity contribution in [3.8, 4) is 11.5 Å². The topological polar surface area (TPSA) is 117 Å². The molecule has 1 aromatic heterocycles. The monoisotopic (exact) mass is 476 g/mol. The van der Waals surface area contributed by atoms with Gasteiger partial charge in [0.1, 0.15) is 9.84 Å². The van der Waals surface area contributed by atoms with Crippen molar-refractivity contribution in [2.75, 3.05) is 25.7 Å². The average Bonchev–Trinajstić information content (AvgIpc) is 3.06. The van der Waals surface area contributed by atoms with E-state index in [1.54, 1.807) is 44.2 Å². The van der Waals surface area contributed by atoms with E-state index in [4.69, 9.17) is 14.2 Å². The smallest absolute Gasteiger partial charge is 0.338 e. The zero-order valence-corrected chi connectivity index (χ0v) is 20.1. The molecule has 0 aliphatic carbocycles. The average molecular weight is 477 g/mol. The number of esters is 1. The number of sulfone groups is 1. The predicted molar refractivity (Wildman–Crippen MR) is 125 cm³/mol. The molecule has 0 fully saturated rings. The Labute approximate surface area is 192 Å². The molecule has 1 N–H and O–H groups in total. The van der Waals surface area contributed by atoms with E-state index in [-0.39, 0.29) is 17.4 Å². The Hall–Kier alpha value is -3.27. The quantitative estimate of drug-likeness (QED) is 0.472. The molecule has 0 spiro atoms. The molecule has 10 heteroatoms. The Kier molecular flexibility index (Phi) is 7.16. The molecule has 1 heterocycles. The van der Waals surface area contributed by atoms with Gasteiger partial charge in [-0.05, 0) is 56.7 Å². The number of hydrogen-bond acceptors (Lipinski definition) is 7. The summed E-state index contributed by atoms with van der Waals surface area (Å²) in [6.07, 6.45) is 0.800. The molecule has 0 aliphatic heterocycles. The van der Waals surface area contributed by atoms with Crippen molar-refractivity contribution in [3.05, 3.63) is 58.0 Å². The molecular formula is C23H28N2O7S. The molecule has 0 saturated carbocycles. The van der Waals surface area contributed by atoms with Gasteiger partial charge in [-0.15, -0.1) is 0 Å². The summed E-state index contributed by atoms with van der Waals surface area (Å²) in [5, 5.41) is 0. The van der Waals surface area contributed by atoms with Crippen LogP contribution in [0.15, 0.2) is 41.2 Å². The van der Waals surface area contributed by atoms with Gasteiger partial charge in [0, 0.05) is 6.26 Å². The van der Waals surface area contributed by atoms with Crippen LogP contribution in [0.1, 0.15) is 42.7 Å². The number of benzene rings is 2. The van der Waals surface area contributed by atoms with Crippen molar-refractivity contribution < 1.29 is 27.4 Å². The molecule has 3 rings (SSSR count). The summed E-state index contributed by atoms with van der Waals surface area (Å²) in [5.74, 6) is 0.0574. The third-order valence-corrected chi connectivity index (χ3v) is 5.86. The summed E-state index contributed by atoms with van der Waals surface area (Å²) in [7, 11) is -2.00. The second-order valence-electron chi connectivity index (χ2n) is 7.94. The zero-order valence-electron chi connectivity index (χ0n) is 19.2. The minimum atomic E-state index is -3.50. The Bertz CT molecular complexity index is 1320. The molecular weight excluding hydrogens is 448 g/mol. The summed E-state index contributed by atoms with van der Waals surface area (Å²) in [5.41, 5.74) is 1.16. The van der Waals surface area contributed by atoms with E-state index in [1.807, 2.05) is 6.92 Å². The highest BCUT2D eigenvalue weighted by atomic mass is 32.2. The van der Waals surface area contributed by atoms with Gasteiger partial charge >= 0.3 is 11.7 Å². The predicted octanol–water partition coefficient (Wildman–Crippen LogP) is 2.94. The van der Waals surface area contributed by atoms with E-state index in [2.05, 4.69) is 4.98 Å². The Morgan fingerprint density at radius 1 is 1.12 bits per heavy atom. The number of aromatic amines is 1. The van der Waals surface area contributed by atoms with E-state index in [0.717, 1.165) is 6.26 Å². The largest absolute Gasteiger partial charge is 0.493 e. The minimum absolute atomic E-state index is 0.256. The van der Waals surface area contributed by atoms with E-state index in [9.17, 15) is 18.0 Å². The number of carbonyl (C=O) groups is 1. The lowest BCUT2D eigenvalue weighted by Gasteiger charge is -2.20. The number of H-pyrrole nitrogens is 1. The Balaban J connectivity index is 2.22. The zero-order chi connectivity index (χ0) is 24.3. The van der Waals surface area contributed by atoms with Crippen LogP contribution in [0, 0.1) is 0 Å². The van der Waals surface area contributed by atoms with Crippen LogP contribution in [-0.2, 0) is 14.6 Å². The van der Waals surface area contributed by atoms with Crippen LogP contribution in [-0.4, -0.2) is 55.8 Å². The number of carbonyl (C=O) groups excluding carboxylic acids is 1. The maximum absolute atomic E-state index is 13.0. The summed E-state index contributed by atoms with van der Waals surface area (Å²) < 4.78 is 42.2. The number of ether oxygens (including phenoxy) is 3. The first-order valence-corrected chi connectivity index (χ1v) is 12.5. The van der Waals surface area contributed by atoms with Crippen LogP contribution in [0.2, 0.25) is 0 Å². The van der Waals surface area contributed by atoms with Crippen LogP contribution in [0.4, 0.5) is 0 Å². The van der Waals surface area contributed by atoms with Gasteiger partial charge in [0.15, 0.2) is 11.5 Å². The van der Waals surface area contributed by atoms with Crippen LogP contribution < -0.4 is 15.2 Å². The standard InChI is InChI=1S/C23H28N2O7S/c1-6-31-21-12-15(8-10-20(21)30-4)19(13-33(5,28)29)25-18-11-16(22(26)32-14(2)3)7-9-17(18)24-23(25)27/h7-12,14,19H,6,13H2,1-5H3,(H,24,27)/t19-/m0/s1. The maximum Gasteiger partial charge on any atom is 0.338 e. The lowest BCUT2D eigenvalue weighted by atomic mass is 10.1. The van der Waals surface area contributed by atoms with E-state index >= 15 is 0 Å². The molecule has 33 heavy (non-hydrogen) atoms. The van der Waals surface area contributed by atoms with Gasteiger partial charge in [-0.2, -0.15) is 0 Å². The van der Waals surface area contributed by atoms with Crippen LogP contribution >= 0.6 is 0 Å². The highest BCUT2D eigenvalue weighted by molar-refractivity contribution is 7.90. The summed E-state index contributed by atoms with van der Waals surface area (Å²) in [6.45, 7) is 5.68. The molecule has 9 nitrogen and oxygen atoms in total. The highest BCUT2D eigenvalue weighted by Gasteiger charge is 2.25. The number of methoxy groups -OCH3 is 1. The van der Waals surface area contributed by atoms with Gasteiger partial charge in [0.05, 0.1) is 48.2 Å². The number of nitrogens with zero attached hydrogens (tertiary/aromatic N) is 1. The van der Waals surface area contributed by atoms with E-state index in [0.29, 0.717) is 34.7 Å². The van der Waals surface area contributed by atoms with Gasteiger partial charge in [-0.25, -0.2) is 18.0 Å². The third kappa shape index (κ3) is 5.57. The second kappa shape index (κ2) is 9.70. The molecule has 1 atom stereocenters. The normalized spacial score (nSPS) is 12.7. The van der Waals surface area contributed by atoms with Gasteiger partial charge in [0.2, 0.25) is 0 Å². The van der Waals surface area contributed by atoms with Gasteiger partial charge in [0.25, 0.3) is 0 Å². The van der Waals surface area contributed by atoms with Gasteiger partial charge in [-0.3, -0.25) is 4.57 Å². The molecule has 3 aromatic rings. The first-order chi connectivity index (χ1) is 15.5. The molecule has 0 amide bonds. The van der Waals surface area contributed by atoms with Crippen LogP contribution in [0.3, 0.4) is 0 Å². The number of rotatable bonds is 9. The summed E-state index contributed by atoms with van der Waals surface area (Å²) >= 11 is 0. The highest BCUT2D eigenvalue weighted by Crippen LogP contribution is 2.33. The number of aromatic nitrogens is 2. The molecule has 0 aliphatic rings. The fraction of sp³-hybridized carbons (Fsp3) is 0.391. The molecule has 178 valence electrons. The number of fused-ring (bicyclic) bond motifs is 1. The SMILES string of the molecule is CCOc1cc([C@H](CS(C)(=O)=O)n2c(=O)[nH]c3ccc(C(=O)OC(C)C)cc32)ccc1OC. The van der Waals surface area contributed by atoms with Crippen LogP contribution in [0.5, 0.6) is 11.5 Å². The van der Waals surface area contributed by atoms with Gasteiger partial charge in [-0.1, -0.05) is 6.07 Å². The van der Waals surface area contributed by atoms with Crippen molar-refractivity contribution in [1.29, 1.82) is 0 Å². The van der Waals surface area contributed by atoms with Crippen molar-refractivity contribution in [3.63, 3.8) is 0 Å².